The molecule has 1 aliphatic rings. The fraction of sp³-hybridized carbons (Fsp3) is 0.333. The summed E-state index contributed by atoms with van der Waals surface area (Å²) < 4.78 is 8.47. The summed E-state index contributed by atoms with van der Waals surface area (Å²) in [6, 6.07) is 25.1. The van der Waals surface area contributed by atoms with Crippen LogP contribution in [0.15, 0.2) is 85.2 Å². The third-order valence-electron chi connectivity index (χ3n) is 6.28. The second-order valence-corrected chi connectivity index (χ2v) is 8.61. The number of nitrogens with one attached hydrogen (secondary N) is 1. The largest absolute Gasteiger partial charge is 0.369 e. The molecule has 0 bridgehead atoms. The van der Waals surface area contributed by atoms with E-state index in [-0.39, 0.29) is 12.2 Å². The maximum Gasteiger partial charge on any atom is 0.153 e. The van der Waals surface area contributed by atoms with E-state index in [0.717, 1.165) is 56.9 Å². The Morgan fingerprint density at radius 3 is 2.30 bits per heavy atom. The number of benzene rings is 2. The number of nitrogens with zero attached hydrogens (tertiary/aromatic N) is 4. The third-order valence-corrected chi connectivity index (χ3v) is 6.28. The van der Waals surface area contributed by atoms with E-state index in [1.165, 1.54) is 11.1 Å². The van der Waals surface area contributed by atoms with Crippen molar-refractivity contribution >= 4 is 11.5 Å². The number of rotatable bonds is 9. The summed E-state index contributed by atoms with van der Waals surface area (Å²) in [6.07, 6.45) is 7.15. The molecule has 170 valence electrons. The quantitative estimate of drug-likeness (QED) is 0.378. The van der Waals surface area contributed by atoms with E-state index in [1.54, 1.807) is 10.7 Å². The van der Waals surface area contributed by atoms with Crippen LogP contribution in [-0.2, 0) is 4.74 Å². The van der Waals surface area contributed by atoms with E-state index in [2.05, 4.69) is 81.0 Å². The molecule has 1 saturated heterocycles. The molecule has 6 heteroatoms. The minimum Gasteiger partial charge on any atom is -0.369 e. The molecule has 1 N–H and O–H groups in total. The van der Waals surface area contributed by atoms with Crippen molar-refractivity contribution in [2.45, 2.75) is 31.5 Å². The Morgan fingerprint density at radius 2 is 1.61 bits per heavy atom. The summed E-state index contributed by atoms with van der Waals surface area (Å²) in [5.74, 6) is 0.889. The van der Waals surface area contributed by atoms with Gasteiger partial charge in [-0.1, -0.05) is 60.7 Å². The number of piperidine rings is 1. The van der Waals surface area contributed by atoms with Crippen molar-refractivity contribution in [3.8, 4) is 0 Å². The van der Waals surface area contributed by atoms with Crippen LogP contribution in [0.1, 0.15) is 36.5 Å². The first kappa shape index (κ1) is 21.6. The van der Waals surface area contributed by atoms with Gasteiger partial charge in [0.05, 0.1) is 6.10 Å². The first-order chi connectivity index (χ1) is 16.3. The predicted octanol–water partition coefficient (Wildman–Crippen LogP) is 4.80. The van der Waals surface area contributed by atoms with Crippen LogP contribution >= 0.6 is 0 Å². The molecule has 0 amide bonds. The van der Waals surface area contributed by atoms with Crippen molar-refractivity contribution in [2.24, 2.45) is 0 Å². The first-order valence-electron chi connectivity index (χ1n) is 11.9. The molecule has 0 radical (unpaired) electrons. The molecule has 0 atom stereocenters. The summed E-state index contributed by atoms with van der Waals surface area (Å²) in [4.78, 5) is 6.78. The lowest BCUT2D eigenvalue weighted by molar-refractivity contribution is -0.0269. The average molecular weight is 442 g/mol. The molecule has 2 aromatic heterocycles. The van der Waals surface area contributed by atoms with Crippen LogP contribution in [0.2, 0.25) is 0 Å². The van der Waals surface area contributed by atoms with Gasteiger partial charge in [-0.25, -0.2) is 9.50 Å². The summed E-state index contributed by atoms with van der Waals surface area (Å²) in [5.41, 5.74) is 3.31. The van der Waals surface area contributed by atoms with E-state index >= 15 is 0 Å². The lowest BCUT2D eigenvalue weighted by Gasteiger charge is -2.34. The van der Waals surface area contributed by atoms with Gasteiger partial charge in [0.2, 0.25) is 0 Å². The molecule has 0 saturated carbocycles. The minimum atomic E-state index is -0.00603. The van der Waals surface area contributed by atoms with Crippen LogP contribution in [0.25, 0.3) is 5.65 Å². The second-order valence-electron chi connectivity index (χ2n) is 8.61. The maximum absolute atomic E-state index is 6.67. The van der Waals surface area contributed by atoms with Crippen LogP contribution in [-0.4, -0.2) is 51.8 Å². The average Bonchev–Trinajstić information content (AvgIpc) is 3.35. The number of hydrogen-bond donors (Lipinski definition) is 1. The highest BCUT2D eigenvalue weighted by Crippen LogP contribution is 2.30. The Balaban J connectivity index is 1.08. The van der Waals surface area contributed by atoms with E-state index in [1.807, 2.05) is 18.3 Å². The SMILES string of the molecule is c1ccc(C(OC2CCN(CCCNc3ccc4nccn4n3)CC2)c2ccccc2)cc1. The van der Waals surface area contributed by atoms with Crippen molar-refractivity contribution in [3.05, 3.63) is 96.3 Å². The second kappa shape index (κ2) is 10.6. The van der Waals surface area contributed by atoms with Gasteiger partial charge in [-0.05, 0) is 49.1 Å². The molecule has 33 heavy (non-hydrogen) atoms. The van der Waals surface area contributed by atoms with E-state index in [0.29, 0.717) is 0 Å². The molecule has 3 heterocycles. The topological polar surface area (TPSA) is 54.7 Å². The summed E-state index contributed by atoms with van der Waals surface area (Å²) in [5, 5.41) is 7.95. The van der Waals surface area contributed by atoms with Crippen LogP contribution in [0.4, 0.5) is 5.82 Å². The highest BCUT2D eigenvalue weighted by molar-refractivity contribution is 5.43. The number of anilines is 1. The van der Waals surface area contributed by atoms with Crippen LogP contribution in [0.5, 0.6) is 0 Å². The number of imidazole rings is 1. The standard InChI is InChI=1S/C27H31N5O/c1-3-8-22(9-4-1)27(23-10-5-2-6-11-23)33-24-14-19-31(20-15-24)18-7-16-28-25-12-13-26-29-17-21-32(26)30-25/h1-6,8-13,17,21,24,27H,7,14-16,18-20H2,(H,28,30). The van der Waals surface area contributed by atoms with Crippen molar-refractivity contribution in [3.63, 3.8) is 0 Å². The van der Waals surface area contributed by atoms with Crippen molar-refractivity contribution in [1.82, 2.24) is 19.5 Å². The Bertz CT molecular complexity index is 1080. The number of hydrogen-bond acceptors (Lipinski definition) is 5. The van der Waals surface area contributed by atoms with Crippen molar-refractivity contribution in [2.75, 3.05) is 31.5 Å². The van der Waals surface area contributed by atoms with Crippen molar-refractivity contribution in [1.29, 1.82) is 0 Å². The van der Waals surface area contributed by atoms with E-state index in [4.69, 9.17) is 4.74 Å². The maximum atomic E-state index is 6.67. The van der Waals surface area contributed by atoms with Gasteiger partial charge in [-0.15, -0.1) is 5.10 Å². The Kier molecular flexibility index (Phi) is 6.94. The Hall–Kier alpha value is -3.22. The molecule has 1 fully saturated rings. The zero-order valence-electron chi connectivity index (χ0n) is 18.9. The fourth-order valence-electron chi connectivity index (χ4n) is 4.50. The van der Waals surface area contributed by atoms with Crippen LogP contribution in [0, 0.1) is 0 Å². The molecule has 1 aliphatic heterocycles. The minimum absolute atomic E-state index is 0.00603. The normalized spacial score (nSPS) is 15.3. The molecule has 5 rings (SSSR count). The molecular weight excluding hydrogens is 410 g/mol. The molecule has 6 nitrogen and oxygen atoms in total. The molecule has 0 unspecified atom stereocenters. The molecule has 0 aliphatic carbocycles. The molecular formula is C27H31N5O. The van der Waals surface area contributed by atoms with E-state index in [9.17, 15) is 0 Å². The molecule has 0 spiro atoms. The Morgan fingerprint density at radius 1 is 0.909 bits per heavy atom. The number of ether oxygens (including phenoxy) is 1. The first-order valence-corrected chi connectivity index (χ1v) is 11.9. The van der Waals surface area contributed by atoms with Gasteiger partial charge in [0.1, 0.15) is 11.9 Å². The van der Waals surface area contributed by atoms with Gasteiger partial charge in [0.25, 0.3) is 0 Å². The monoisotopic (exact) mass is 441 g/mol. The summed E-state index contributed by atoms with van der Waals surface area (Å²) >= 11 is 0. The zero-order chi connectivity index (χ0) is 22.3. The van der Waals surface area contributed by atoms with E-state index < -0.39 is 0 Å². The Labute approximate surface area is 195 Å². The smallest absolute Gasteiger partial charge is 0.153 e. The third kappa shape index (κ3) is 5.59. The van der Waals surface area contributed by atoms with Crippen LogP contribution < -0.4 is 5.32 Å². The molecule has 2 aromatic carbocycles. The highest BCUT2D eigenvalue weighted by Gasteiger charge is 2.24. The van der Waals surface area contributed by atoms with Gasteiger partial charge in [0.15, 0.2) is 5.65 Å². The highest BCUT2D eigenvalue weighted by atomic mass is 16.5. The van der Waals surface area contributed by atoms with Gasteiger partial charge in [0, 0.05) is 32.0 Å². The summed E-state index contributed by atoms with van der Waals surface area (Å²) in [6.45, 7) is 4.17. The van der Waals surface area contributed by atoms with Gasteiger partial charge >= 0.3 is 0 Å². The predicted molar refractivity (Wildman–Crippen MR) is 131 cm³/mol. The van der Waals surface area contributed by atoms with Crippen LogP contribution in [0.3, 0.4) is 0 Å². The number of aromatic nitrogens is 3. The fourth-order valence-corrected chi connectivity index (χ4v) is 4.50. The summed E-state index contributed by atoms with van der Waals surface area (Å²) in [7, 11) is 0. The van der Waals surface area contributed by atoms with Gasteiger partial charge < -0.3 is 15.0 Å². The molecule has 4 aromatic rings. The van der Waals surface area contributed by atoms with Crippen molar-refractivity contribution < 1.29 is 4.74 Å². The van der Waals surface area contributed by atoms with Gasteiger partial charge in [-0.3, -0.25) is 0 Å². The number of fused-ring (bicyclic) bond motifs is 1. The number of likely N-dealkylation sites (tertiary alicyclic amines) is 1. The zero-order valence-corrected chi connectivity index (χ0v) is 18.9. The van der Waals surface area contributed by atoms with Gasteiger partial charge in [-0.2, -0.15) is 0 Å². The lowest BCUT2D eigenvalue weighted by atomic mass is 10.00. The lowest BCUT2D eigenvalue weighted by Crippen LogP contribution is -2.38.